The number of nitrogens with one attached hydrogen (secondary N) is 2. The van der Waals surface area contributed by atoms with E-state index in [1.807, 2.05) is 32.0 Å². The van der Waals surface area contributed by atoms with Crippen molar-refractivity contribution < 1.29 is 19.5 Å². The fourth-order valence-electron chi connectivity index (χ4n) is 3.62. The summed E-state index contributed by atoms with van der Waals surface area (Å²) < 4.78 is 0. The quantitative estimate of drug-likeness (QED) is 0.495. The van der Waals surface area contributed by atoms with Gasteiger partial charge in [-0.05, 0) is 38.2 Å². The molecule has 0 aliphatic carbocycles. The fraction of sp³-hybridized carbons (Fsp3) is 0.591. The second-order valence-corrected chi connectivity index (χ2v) is 8.36. The van der Waals surface area contributed by atoms with Gasteiger partial charge in [-0.3, -0.25) is 14.4 Å². The number of aliphatic hydroxyl groups excluding tert-OH is 1. The monoisotopic (exact) mass is 418 g/mol. The van der Waals surface area contributed by atoms with Gasteiger partial charge in [0.2, 0.25) is 17.7 Å². The van der Waals surface area contributed by atoms with Crippen LogP contribution in [0.1, 0.15) is 52.2 Å². The van der Waals surface area contributed by atoms with Crippen molar-refractivity contribution in [1.29, 1.82) is 0 Å². The smallest absolute Gasteiger partial charge is 0.246 e. The number of carbonyl (C=O) groups excluding carboxylic acids is 3. The van der Waals surface area contributed by atoms with Crippen LogP contribution in [-0.2, 0) is 14.4 Å². The minimum absolute atomic E-state index is 0.150. The van der Waals surface area contributed by atoms with E-state index in [2.05, 4.69) is 10.6 Å². The zero-order valence-electron chi connectivity index (χ0n) is 18.2. The van der Waals surface area contributed by atoms with Crippen LogP contribution in [0, 0.1) is 5.92 Å². The summed E-state index contributed by atoms with van der Waals surface area (Å²) in [5.74, 6) is -1.14. The highest BCUT2D eigenvalue weighted by molar-refractivity contribution is 5.93. The molecule has 1 heterocycles. The molecule has 1 aromatic carbocycles. The van der Waals surface area contributed by atoms with E-state index >= 15 is 0 Å². The Balaban J connectivity index is 2.06. The maximum absolute atomic E-state index is 13.1. The van der Waals surface area contributed by atoms with Gasteiger partial charge in [-0.25, -0.2) is 0 Å². The van der Waals surface area contributed by atoms with Gasteiger partial charge in [-0.15, -0.1) is 0 Å². The molecule has 0 aromatic heterocycles. The lowest BCUT2D eigenvalue weighted by molar-refractivity contribution is -0.142. The van der Waals surface area contributed by atoms with E-state index in [1.54, 1.807) is 26.0 Å². The second kappa shape index (κ2) is 10.5. The van der Waals surface area contributed by atoms with Gasteiger partial charge in [0.05, 0.1) is 18.2 Å². The standard InChI is InChI=1S/C22H34N4O4/c1-13(2)18(25-20(28)14(3)23)22(30)26-12-8-11-17(26)21(29)24-15(4)19(27)16-9-6-5-7-10-16/h5-7,9-10,13-15,17-19,27H,8,11-12,23H2,1-4H3,(H,24,29)(H,25,28)/t14-,15-,17-,18-,19-/m0/s1. The van der Waals surface area contributed by atoms with E-state index in [1.165, 1.54) is 4.90 Å². The molecule has 0 bridgehead atoms. The van der Waals surface area contributed by atoms with E-state index < -0.39 is 36.2 Å². The number of amides is 3. The van der Waals surface area contributed by atoms with Gasteiger partial charge in [0.1, 0.15) is 12.1 Å². The summed E-state index contributed by atoms with van der Waals surface area (Å²) in [6.07, 6.45) is 0.387. The summed E-state index contributed by atoms with van der Waals surface area (Å²) in [5, 5.41) is 16.1. The van der Waals surface area contributed by atoms with E-state index in [0.29, 0.717) is 24.9 Å². The molecule has 0 radical (unpaired) electrons. The van der Waals surface area contributed by atoms with Crippen molar-refractivity contribution in [3.63, 3.8) is 0 Å². The number of hydrogen-bond donors (Lipinski definition) is 4. The lowest BCUT2D eigenvalue weighted by Gasteiger charge is -2.31. The molecule has 1 fully saturated rings. The SMILES string of the molecule is CC(C)[C@H](NC(=O)[C@H](C)N)C(=O)N1CCC[C@H]1C(=O)N[C@@H](C)[C@H](O)c1ccccc1. The lowest BCUT2D eigenvalue weighted by atomic mass is 10.0. The van der Waals surface area contributed by atoms with E-state index in [9.17, 15) is 19.5 Å². The number of benzene rings is 1. The van der Waals surface area contributed by atoms with Gasteiger partial charge >= 0.3 is 0 Å². The predicted molar refractivity (Wildman–Crippen MR) is 114 cm³/mol. The Bertz CT molecular complexity index is 738. The highest BCUT2D eigenvalue weighted by Gasteiger charge is 2.39. The van der Waals surface area contributed by atoms with Crippen molar-refractivity contribution in [2.75, 3.05) is 6.54 Å². The number of nitrogens with zero attached hydrogens (tertiary/aromatic N) is 1. The van der Waals surface area contributed by atoms with Gasteiger partial charge in [-0.2, -0.15) is 0 Å². The molecule has 1 aromatic rings. The fourth-order valence-corrected chi connectivity index (χ4v) is 3.62. The molecule has 1 aliphatic rings. The van der Waals surface area contributed by atoms with Crippen LogP contribution < -0.4 is 16.4 Å². The van der Waals surface area contributed by atoms with Crippen molar-refractivity contribution in [1.82, 2.24) is 15.5 Å². The van der Waals surface area contributed by atoms with Crippen molar-refractivity contribution in [2.45, 2.75) is 70.8 Å². The Hall–Kier alpha value is -2.45. The summed E-state index contributed by atoms with van der Waals surface area (Å²) in [4.78, 5) is 39.6. The number of rotatable bonds is 8. The predicted octanol–water partition coefficient (Wildman–Crippen LogP) is 0.704. The molecule has 2 rings (SSSR count). The first-order valence-corrected chi connectivity index (χ1v) is 10.5. The summed E-state index contributed by atoms with van der Waals surface area (Å²) >= 11 is 0. The normalized spacial score (nSPS) is 20.4. The highest BCUT2D eigenvalue weighted by Crippen LogP contribution is 2.22. The van der Waals surface area contributed by atoms with E-state index in [0.717, 1.165) is 0 Å². The molecule has 5 atom stereocenters. The van der Waals surface area contributed by atoms with E-state index in [-0.39, 0.29) is 17.7 Å². The third-order valence-corrected chi connectivity index (χ3v) is 5.47. The average Bonchev–Trinajstić information content (AvgIpc) is 3.21. The van der Waals surface area contributed by atoms with Crippen LogP contribution in [0.15, 0.2) is 30.3 Å². The van der Waals surface area contributed by atoms with Crippen LogP contribution in [-0.4, -0.2) is 58.4 Å². The van der Waals surface area contributed by atoms with Crippen LogP contribution in [0.4, 0.5) is 0 Å². The second-order valence-electron chi connectivity index (χ2n) is 8.36. The van der Waals surface area contributed by atoms with Crippen LogP contribution in [0.5, 0.6) is 0 Å². The summed E-state index contributed by atoms with van der Waals surface area (Å²) in [7, 11) is 0. The van der Waals surface area contributed by atoms with Gasteiger partial charge in [-0.1, -0.05) is 44.2 Å². The topological polar surface area (TPSA) is 125 Å². The first-order valence-electron chi connectivity index (χ1n) is 10.5. The van der Waals surface area contributed by atoms with Crippen molar-refractivity contribution >= 4 is 17.7 Å². The number of nitrogens with two attached hydrogens (primary N) is 1. The highest BCUT2D eigenvalue weighted by atomic mass is 16.3. The largest absolute Gasteiger partial charge is 0.386 e. The molecule has 0 spiro atoms. The molecule has 1 aliphatic heterocycles. The summed E-state index contributed by atoms with van der Waals surface area (Å²) in [6, 6.07) is 6.49. The molecule has 3 amide bonds. The minimum atomic E-state index is -0.852. The molecule has 166 valence electrons. The molecule has 0 saturated carbocycles. The first-order chi connectivity index (χ1) is 14.1. The maximum atomic E-state index is 13.1. The Morgan fingerprint density at radius 2 is 1.73 bits per heavy atom. The third-order valence-electron chi connectivity index (χ3n) is 5.47. The Morgan fingerprint density at radius 3 is 2.30 bits per heavy atom. The number of aliphatic hydroxyl groups is 1. The molecule has 0 unspecified atom stereocenters. The first kappa shape index (κ1) is 23.8. The Morgan fingerprint density at radius 1 is 1.10 bits per heavy atom. The van der Waals surface area contributed by atoms with Crippen LogP contribution >= 0.6 is 0 Å². The molecule has 30 heavy (non-hydrogen) atoms. The van der Waals surface area contributed by atoms with Crippen LogP contribution in [0.25, 0.3) is 0 Å². The molecular formula is C22H34N4O4. The Labute approximate surface area is 178 Å². The van der Waals surface area contributed by atoms with Gasteiger partial charge < -0.3 is 26.4 Å². The van der Waals surface area contributed by atoms with Gasteiger partial charge in [0.15, 0.2) is 0 Å². The van der Waals surface area contributed by atoms with Gasteiger partial charge in [0, 0.05) is 6.54 Å². The molecule has 5 N–H and O–H groups in total. The molecular weight excluding hydrogens is 384 g/mol. The number of hydrogen-bond acceptors (Lipinski definition) is 5. The zero-order chi connectivity index (χ0) is 22.4. The molecule has 8 nitrogen and oxygen atoms in total. The molecule has 8 heteroatoms. The lowest BCUT2D eigenvalue weighted by Crippen LogP contribution is -2.57. The van der Waals surface area contributed by atoms with Gasteiger partial charge in [0.25, 0.3) is 0 Å². The number of likely N-dealkylation sites (tertiary alicyclic amines) is 1. The zero-order valence-corrected chi connectivity index (χ0v) is 18.2. The average molecular weight is 419 g/mol. The van der Waals surface area contributed by atoms with Crippen molar-refractivity contribution in [2.24, 2.45) is 11.7 Å². The van der Waals surface area contributed by atoms with Crippen LogP contribution in [0.3, 0.4) is 0 Å². The minimum Gasteiger partial charge on any atom is -0.386 e. The summed E-state index contributed by atoms with van der Waals surface area (Å²) in [5.41, 5.74) is 6.33. The van der Waals surface area contributed by atoms with E-state index in [4.69, 9.17) is 5.73 Å². The van der Waals surface area contributed by atoms with Crippen LogP contribution in [0.2, 0.25) is 0 Å². The maximum Gasteiger partial charge on any atom is 0.246 e. The Kier molecular flexibility index (Phi) is 8.37. The number of carbonyl (C=O) groups is 3. The van der Waals surface area contributed by atoms with Crippen molar-refractivity contribution in [3.05, 3.63) is 35.9 Å². The summed E-state index contributed by atoms with van der Waals surface area (Å²) in [6.45, 7) is 7.42. The third kappa shape index (κ3) is 5.79. The van der Waals surface area contributed by atoms with Crippen molar-refractivity contribution in [3.8, 4) is 0 Å². The molecule has 1 saturated heterocycles.